The molecule has 0 atom stereocenters. The molecule has 0 unspecified atom stereocenters. The van der Waals surface area contributed by atoms with E-state index >= 15 is 0 Å². The molecule has 0 saturated carbocycles. The number of aliphatic hydroxyl groups excluding tert-OH is 1. The number of carbonyl (C=O) groups is 1. The summed E-state index contributed by atoms with van der Waals surface area (Å²) in [4.78, 5) is 12.8. The van der Waals surface area contributed by atoms with Crippen molar-refractivity contribution in [3.05, 3.63) is 22.4 Å². The van der Waals surface area contributed by atoms with Crippen molar-refractivity contribution in [1.82, 2.24) is 5.32 Å². The lowest BCUT2D eigenvalue weighted by Crippen LogP contribution is -2.34. The van der Waals surface area contributed by atoms with Gasteiger partial charge in [0.1, 0.15) is 0 Å². The molecule has 1 amide bonds. The largest absolute Gasteiger partial charge is 0.396 e. The molecule has 0 aliphatic rings. The monoisotopic (exact) mass is 283 g/mol. The molecule has 2 heterocycles. The van der Waals surface area contributed by atoms with Gasteiger partial charge >= 0.3 is 0 Å². The molecule has 0 aliphatic heterocycles. The number of aliphatic hydroxyl groups is 1. The lowest BCUT2D eigenvalue weighted by Gasteiger charge is -2.23. The summed E-state index contributed by atoms with van der Waals surface area (Å²) in [5.74, 6) is -0.0191. The normalized spacial score (nSPS) is 11.9. The first kappa shape index (κ1) is 13.5. The van der Waals surface area contributed by atoms with E-state index in [1.54, 1.807) is 11.3 Å². The first-order valence-electron chi connectivity index (χ1n) is 5.88. The Labute approximate surface area is 114 Å². The SMILES string of the molecule is CC(C)(CCO)CNC(=O)c1cc2sccc2s1. The zero-order chi connectivity index (χ0) is 13.2. The second kappa shape index (κ2) is 5.38. The lowest BCUT2D eigenvalue weighted by atomic mass is 9.90. The van der Waals surface area contributed by atoms with Crippen LogP contribution in [0.15, 0.2) is 17.5 Å². The highest BCUT2D eigenvalue weighted by Gasteiger charge is 2.19. The fraction of sp³-hybridized carbons (Fsp3) is 0.462. The molecule has 18 heavy (non-hydrogen) atoms. The molecule has 2 aromatic heterocycles. The predicted octanol–water partition coefficient (Wildman–Crippen LogP) is 3.10. The molecule has 0 aromatic carbocycles. The maximum atomic E-state index is 12.0. The first-order valence-corrected chi connectivity index (χ1v) is 7.57. The predicted molar refractivity (Wildman–Crippen MR) is 77.5 cm³/mol. The molecule has 2 aromatic rings. The van der Waals surface area contributed by atoms with Gasteiger partial charge in [-0.15, -0.1) is 22.7 Å². The summed E-state index contributed by atoms with van der Waals surface area (Å²) in [5.41, 5.74) is -0.0704. The van der Waals surface area contributed by atoms with Crippen molar-refractivity contribution in [3.8, 4) is 0 Å². The third kappa shape index (κ3) is 3.10. The minimum Gasteiger partial charge on any atom is -0.396 e. The molecule has 2 rings (SSSR count). The van der Waals surface area contributed by atoms with Gasteiger partial charge in [0.2, 0.25) is 0 Å². The van der Waals surface area contributed by atoms with Crippen LogP contribution in [0.3, 0.4) is 0 Å². The molecule has 0 radical (unpaired) electrons. The van der Waals surface area contributed by atoms with Crippen molar-refractivity contribution in [2.75, 3.05) is 13.2 Å². The molecule has 0 aliphatic carbocycles. The molecule has 0 fully saturated rings. The smallest absolute Gasteiger partial charge is 0.261 e. The molecule has 3 nitrogen and oxygen atoms in total. The Balaban J connectivity index is 1.98. The van der Waals surface area contributed by atoms with Crippen molar-refractivity contribution in [2.45, 2.75) is 20.3 Å². The van der Waals surface area contributed by atoms with E-state index in [1.807, 2.05) is 31.4 Å². The molecule has 5 heteroatoms. The minimum absolute atomic E-state index is 0.0191. The number of carbonyl (C=O) groups excluding carboxylic acids is 1. The molecule has 0 saturated heterocycles. The lowest BCUT2D eigenvalue weighted by molar-refractivity contribution is 0.0932. The zero-order valence-corrected chi connectivity index (χ0v) is 12.2. The van der Waals surface area contributed by atoms with Crippen LogP contribution in [0.25, 0.3) is 9.40 Å². The van der Waals surface area contributed by atoms with Gasteiger partial charge in [-0.1, -0.05) is 13.8 Å². The fourth-order valence-electron chi connectivity index (χ4n) is 1.68. The zero-order valence-electron chi connectivity index (χ0n) is 10.5. The van der Waals surface area contributed by atoms with Crippen LogP contribution < -0.4 is 5.32 Å². The average Bonchev–Trinajstić information content (AvgIpc) is 2.85. The highest BCUT2D eigenvalue weighted by Crippen LogP contribution is 2.30. The van der Waals surface area contributed by atoms with Crippen LogP contribution in [-0.2, 0) is 0 Å². The van der Waals surface area contributed by atoms with Gasteiger partial charge in [-0.3, -0.25) is 4.79 Å². The minimum atomic E-state index is -0.0704. The van der Waals surface area contributed by atoms with Crippen LogP contribution in [0.1, 0.15) is 29.9 Å². The van der Waals surface area contributed by atoms with Gasteiger partial charge in [-0.25, -0.2) is 0 Å². The second-order valence-electron chi connectivity index (χ2n) is 5.08. The number of nitrogens with one attached hydrogen (secondary N) is 1. The van der Waals surface area contributed by atoms with Crippen LogP contribution in [0.2, 0.25) is 0 Å². The summed E-state index contributed by atoms with van der Waals surface area (Å²) >= 11 is 3.18. The van der Waals surface area contributed by atoms with E-state index < -0.39 is 0 Å². The Morgan fingerprint density at radius 3 is 2.89 bits per heavy atom. The number of hydrogen-bond donors (Lipinski definition) is 2. The third-order valence-corrected chi connectivity index (χ3v) is 4.97. The molecule has 0 spiro atoms. The van der Waals surface area contributed by atoms with E-state index in [9.17, 15) is 4.79 Å². The molecule has 0 bridgehead atoms. The van der Waals surface area contributed by atoms with E-state index in [0.717, 1.165) is 4.88 Å². The second-order valence-corrected chi connectivity index (χ2v) is 7.11. The number of thiophene rings is 2. The van der Waals surface area contributed by atoms with E-state index in [4.69, 9.17) is 5.11 Å². The standard InChI is InChI=1S/C13H17NO2S2/c1-13(2,4-5-15)8-14-12(16)11-7-10-9(18-11)3-6-17-10/h3,6-7,15H,4-5,8H2,1-2H3,(H,14,16). The van der Waals surface area contributed by atoms with E-state index in [2.05, 4.69) is 5.32 Å². The highest BCUT2D eigenvalue weighted by molar-refractivity contribution is 7.27. The van der Waals surface area contributed by atoms with Crippen LogP contribution >= 0.6 is 22.7 Å². The van der Waals surface area contributed by atoms with Gasteiger partial charge < -0.3 is 10.4 Å². The van der Waals surface area contributed by atoms with Crippen LogP contribution in [0.5, 0.6) is 0 Å². The quantitative estimate of drug-likeness (QED) is 0.886. The summed E-state index contributed by atoms with van der Waals surface area (Å²) < 4.78 is 2.33. The van der Waals surface area contributed by atoms with E-state index in [1.165, 1.54) is 20.7 Å². The van der Waals surface area contributed by atoms with Gasteiger partial charge in [0.15, 0.2) is 0 Å². The Morgan fingerprint density at radius 1 is 1.44 bits per heavy atom. The average molecular weight is 283 g/mol. The Kier molecular flexibility index (Phi) is 4.04. The summed E-state index contributed by atoms with van der Waals surface area (Å²) in [5, 5.41) is 13.9. The number of fused-ring (bicyclic) bond motifs is 1. The molecular formula is C13H17NO2S2. The summed E-state index contributed by atoms with van der Waals surface area (Å²) in [7, 11) is 0. The molecule has 98 valence electrons. The number of rotatable bonds is 5. The number of hydrogen-bond acceptors (Lipinski definition) is 4. The van der Waals surface area contributed by atoms with Crippen LogP contribution in [-0.4, -0.2) is 24.2 Å². The van der Waals surface area contributed by atoms with Crippen LogP contribution in [0.4, 0.5) is 0 Å². The van der Waals surface area contributed by atoms with E-state index in [-0.39, 0.29) is 17.9 Å². The molecular weight excluding hydrogens is 266 g/mol. The maximum Gasteiger partial charge on any atom is 0.261 e. The highest BCUT2D eigenvalue weighted by atomic mass is 32.1. The van der Waals surface area contributed by atoms with Gasteiger partial charge in [0, 0.05) is 22.6 Å². The van der Waals surface area contributed by atoms with Crippen molar-refractivity contribution >= 4 is 38.0 Å². The molecule has 2 N–H and O–H groups in total. The van der Waals surface area contributed by atoms with Gasteiger partial charge in [0.25, 0.3) is 5.91 Å². The van der Waals surface area contributed by atoms with E-state index in [0.29, 0.717) is 13.0 Å². The van der Waals surface area contributed by atoms with Crippen molar-refractivity contribution < 1.29 is 9.90 Å². The third-order valence-electron chi connectivity index (χ3n) is 2.88. The fourth-order valence-corrected chi connectivity index (χ4v) is 3.70. The topological polar surface area (TPSA) is 49.3 Å². The van der Waals surface area contributed by atoms with Crippen molar-refractivity contribution in [2.24, 2.45) is 5.41 Å². The maximum absolute atomic E-state index is 12.0. The van der Waals surface area contributed by atoms with Crippen molar-refractivity contribution in [1.29, 1.82) is 0 Å². The Hall–Kier alpha value is -0.910. The van der Waals surface area contributed by atoms with Gasteiger partial charge in [0.05, 0.1) is 4.88 Å². The first-order chi connectivity index (χ1) is 8.52. The van der Waals surface area contributed by atoms with Gasteiger partial charge in [-0.2, -0.15) is 0 Å². The summed E-state index contributed by atoms with van der Waals surface area (Å²) in [6.07, 6.45) is 0.687. The van der Waals surface area contributed by atoms with Crippen LogP contribution in [0, 0.1) is 5.41 Å². The summed E-state index contributed by atoms with van der Waals surface area (Å²) in [6, 6.07) is 3.98. The Bertz CT molecular complexity index is 513. The Morgan fingerprint density at radius 2 is 2.22 bits per heavy atom. The van der Waals surface area contributed by atoms with Crippen molar-refractivity contribution in [3.63, 3.8) is 0 Å². The van der Waals surface area contributed by atoms with Gasteiger partial charge in [-0.05, 0) is 29.3 Å². The summed E-state index contributed by atoms with van der Waals surface area (Å²) in [6.45, 7) is 4.81. The number of amides is 1.